The van der Waals surface area contributed by atoms with Crippen molar-refractivity contribution in [2.24, 2.45) is 0 Å². The van der Waals surface area contributed by atoms with Crippen LogP contribution in [0.1, 0.15) is 46.2 Å². The van der Waals surface area contributed by atoms with Crippen molar-refractivity contribution in [2.45, 2.75) is 32.6 Å². The van der Waals surface area contributed by atoms with Gasteiger partial charge in [0.25, 0.3) is 5.91 Å². The fourth-order valence-corrected chi connectivity index (χ4v) is 4.20. The molecule has 0 saturated carbocycles. The Balaban J connectivity index is 1.41. The van der Waals surface area contributed by atoms with Gasteiger partial charge < -0.3 is 15.5 Å². The minimum absolute atomic E-state index is 0.0942. The van der Waals surface area contributed by atoms with Crippen molar-refractivity contribution in [3.8, 4) is 0 Å². The minimum atomic E-state index is -0.129. The lowest BCUT2D eigenvalue weighted by atomic mass is 9.99. The van der Waals surface area contributed by atoms with Crippen LogP contribution in [0, 0.1) is 13.8 Å². The Labute approximate surface area is 187 Å². The van der Waals surface area contributed by atoms with Crippen LogP contribution in [-0.4, -0.2) is 58.3 Å². The van der Waals surface area contributed by atoms with E-state index in [-0.39, 0.29) is 17.7 Å². The van der Waals surface area contributed by atoms with Gasteiger partial charge in [0.2, 0.25) is 11.9 Å². The second-order valence-electron chi connectivity index (χ2n) is 8.17. The summed E-state index contributed by atoms with van der Waals surface area (Å²) in [5.74, 6) is 0.631. The highest BCUT2D eigenvalue weighted by Gasteiger charge is 2.29. The van der Waals surface area contributed by atoms with Gasteiger partial charge in [-0.15, -0.1) is 0 Å². The number of aryl methyl sites for hydroxylation is 2. The van der Waals surface area contributed by atoms with E-state index in [2.05, 4.69) is 20.6 Å². The first-order valence-electron chi connectivity index (χ1n) is 10.9. The topological polar surface area (TPSA) is 100 Å². The van der Waals surface area contributed by atoms with Crippen molar-refractivity contribution in [3.63, 3.8) is 0 Å². The number of likely N-dealkylation sites (tertiary alicyclic amines) is 1. The molecule has 32 heavy (non-hydrogen) atoms. The first-order valence-corrected chi connectivity index (χ1v) is 10.9. The largest absolute Gasteiger partial charge is 0.355 e. The molecule has 0 bridgehead atoms. The lowest BCUT2D eigenvalue weighted by Crippen LogP contribution is -2.30. The number of amides is 2. The monoisotopic (exact) mass is 432 g/mol. The van der Waals surface area contributed by atoms with E-state index in [9.17, 15) is 9.59 Å². The Morgan fingerprint density at radius 3 is 2.59 bits per heavy atom. The Morgan fingerprint density at radius 1 is 1.09 bits per heavy atom. The fourth-order valence-electron chi connectivity index (χ4n) is 4.20. The zero-order chi connectivity index (χ0) is 22.7. The Morgan fingerprint density at radius 2 is 1.84 bits per heavy atom. The molecular formula is C24H28N6O2. The first kappa shape index (κ1) is 21.7. The number of para-hydroxylation sites is 1. The van der Waals surface area contributed by atoms with Gasteiger partial charge in [-0.2, -0.15) is 0 Å². The predicted octanol–water partition coefficient (Wildman–Crippen LogP) is 2.82. The van der Waals surface area contributed by atoms with Crippen LogP contribution in [0.4, 0.5) is 5.95 Å². The van der Waals surface area contributed by atoms with Crippen molar-refractivity contribution < 1.29 is 9.59 Å². The van der Waals surface area contributed by atoms with Gasteiger partial charge in [-0.1, -0.05) is 18.2 Å². The van der Waals surface area contributed by atoms with E-state index < -0.39 is 0 Å². The van der Waals surface area contributed by atoms with Gasteiger partial charge >= 0.3 is 0 Å². The molecule has 0 spiro atoms. The summed E-state index contributed by atoms with van der Waals surface area (Å²) >= 11 is 0. The van der Waals surface area contributed by atoms with E-state index in [0.717, 1.165) is 34.4 Å². The van der Waals surface area contributed by atoms with E-state index in [1.807, 2.05) is 55.1 Å². The van der Waals surface area contributed by atoms with Gasteiger partial charge in [0.05, 0.1) is 11.1 Å². The third-order valence-corrected chi connectivity index (χ3v) is 5.77. The number of hydrogen-bond acceptors (Lipinski definition) is 6. The number of fused-ring (bicyclic) bond motifs is 1. The van der Waals surface area contributed by atoms with Gasteiger partial charge in [0.1, 0.15) is 0 Å². The van der Waals surface area contributed by atoms with Gasteiger partial charge in [0.15, 0.2) is 0 Å². The van der Waals surface area contributed by atoms with Crippen LogP contribution in [0.15, 0.2) is 36.4 Å². The number of hydrogen-bond donors (Lipinski definition) is 2. The molecule has 166 valence electrons. The average molecular weight is 433 g/mol. The van der Waals surface area contributed by atoms with Gasteiger partial charge in [-0.3, -0.25) is 14.6 Å². The molecule has 1 fully saturated rings. The average Bonchev–Trinajstić information content (AvgIpc) is 3.27. The third-order valence-electron chi connectivity index (χ3n) is 5.77. The van der Waals surface area contributed by atoms with Crippen LogP contribution in [-0.2, 0) is 4.79 Å². The summed E-state index contributed by atoms with van der Waals surface area (Å²) in [5, 5.41) is 6.69. The summed E-state index contributed by atoms with van der Waals surface area (Å²) in [4.78, 5) is 40.5. The molecule has 1 aliphatic heterocycles. The summed E-state index contributed by atoms with van der Waals surface area (Å²) in [6.07, 6.45) is 1.20. The van der Waals surface area contributed by atoms with Crippen LogP contribution in [0.25, 0.3) is 10.9 Å². The highest BCUT2D eigenvalue weighted by molar-refractivity contribution is 6.06. The van der Waals surface area contributed by atoms with E-state index in [1.54, 1.807) is 7.05 Å². The molecule has 0 radical (unpaired) electrons. The number of nitrogens with zero attached hydrogens (tertiary/aromatic N) is 4. The molecule has 1 saturated heterocycles. The smallest absolute Gasteiger partial charge is 0.251 e. The number of aromatic nitrogens is 3. The highest BCUT2D eigenvalue weighted by Crippen LogP contribution is 2.29. The molecule has 8 nitrogen and oxygen atoms in total. The molecule has 2 aromatic heterocycles. The zero-order valence-electron chi connectivity index (χ0n) is 18.7. The highest BCUT2D eigenvalue weighted by atomic mass is 16.2. The number of rotatable bonds is 6. The Hall–Kier alpha value is -3.55. The predicted molar refractivity (Wildman–Crippen MR) is 124 cm³/mol. The number of benzene rings is 1. The SMILES string of the molecule is CNC(=O)c1cc([C@@H]2CCN(C(=O)CCNc3nc(C)cc(C)n3)C2)nc2ccccc12. The molecule has 1 aromatic carbocycles. The number of pyridine rings is 1. The molecule has 4 rings (SSSR count). The fraction of sp³-hybridized carbons (Fsp3) is 0.375. The summed E-state index contributed by atoms with van der Waals surface area (Å²) in [6, 6.07) is 11.4. The Kier molecular flexibility index (Phi) is 6.30. The van der Waals surface area contributed by atoms with Crippen LogP contribution < -0.4 is 10.6 Å². The maximum Gasteiger partial charge on any atom is 0.251 e. The number of anilines is 1. The van der Waals surface area contributed by atoms with Crippen LogP contribution in [0.3, 0.4) is 0 Å². The second-order valence-corrected chi connectivity index (χ2v) is 8.17. The van der Waals surface area contributed by atoms with Gasteiger partial charge in [0, 0.05) is 61.5 Å². The first-order chi connectivity index (χ1) is 15.4. The second kappa shape index (κ2) is 9.30. The van der Waals surface area contributed by atoms with E-state index >= 15 is 0 Å². The number of nitrogens with one attached hydrogen (secondary N) is 2. The van der Waals surface area contributed by atoms with Crippen molar-refractivity contribution in [2.75, 3.05) is 32.0 Å². The lowest BCUT2D eigenvalue weighted by Gasteiger charge is -2.17. The van der Waals surface area contributed by atoms with Crippen LogP contribution >= 0.6 is 0 Å². The van der Waals surface area contributed by atoms with Crippen molar-refractivity contribution in [1.82, 2.24) is 25.2 Å². The van der Waals surface area contributed by atoms with Gasteiger partial charge in [-0.05, 0) is 38.5 Å². The van der Waals surface area contributed by atoms with Gasteiger partial charge in [-0.25, -0.2) is 9.97 Å². The molecule has 0 unspecified atom stereocenters. The summed E-state index contributed by atoms with van der Waals surface area (Å²) in [6.45, 7) is 5.63. The normalized spacial score (nSPS) is 15.7. The standard InChI is InChI=1S/C24H28N6O2/c1-15-12-16(2)28-24(27-15)26-10-8-22(31)30-11-9-17(14-30)21-13-19(23(32)25-3)18-6-4-5-7-20(18)29-21/h4-7,12-13,17H,8-11,14H2,1-3H3,(H,25,32)(H,26,27,28)/t17-/m1/s1. The number of carbonyl (C=O) groups is 2. The van der Waals surface area contributed by atoms with E-state index in [0.29, 0.717) is 37.6 Å². The summed E-state index contributed by atoms with van der Waals surface area (Å²) < 4.78 is 0. The third kappa shape index (κ3) is 4.69. The molecular weight excluding hydrogens is 404 g/mol. The van der Waals surface area contributed by atoms with E-state index in [4.69, 9.17) is 4.98 Å². The Bertz CT molecular complexity index is 1140. The maximum atomic E-state index is 12.7. The maximum absolute atomic E-state index is 12.7. The molecule has 3 heterocycles. The van der Waals surface area contributed by atoms with Crippen molar-refractivity contribution in [3.05, 3.63) is 59.0 Å². The molecule has 1 atom stereocenters. The summed E-state index contributed by atoms with van der Waals surface area (Å²) in [7, 11) is 1.63. The zero-order valence-corrected chi connectivity index (χ0v) is 18.7. The van der Waals surface area contributed by atoms with Crippen molar-refractivity contribution in [1.29, 1.82) is 0 Å². The molecule has 3 aromatic rings. The van der Waals surface area contributed by atoms with E-state index in [1.165, 1.54) is 0 Å². The molecule has 2 N–H and O–H groups in total. The molecule has 1 aliphatic rings. The molecule has 0 aliphatic carbocycles. The lowest BCUT2D eigenvalue weighted by molar-refractivity contribution is -0.129. The summed E-state index contributed by atoms with van der Waals surface area (Å²) in [5.41, 5.74) is 4.07. The number of carbonyl (C=O) groups excluding carboxylic acids is 2. The molecule has 8 heteroatoms. The quantitative estimate of drug-likeness (QED) is 0.621. The van der Waals surface area contributed by atoms with Crippen LogP contribution in [0.2, 0.25) is 0 Å². The minimum Gasteiger partial charge on any atom is -0.355 e. The van der Waals surface area contributed by atoms with Crippen molar-refractivity contribution >= 4 is 28.7 Å². The molecule has 2 amide bonds. The van der Waals surface area contributed by atoms with Crippen LogP contribution in [0.5, 0.6) is 0 Å².